The monoisotopic (exact) mass is 346 g/mol. The van der Waals surface area contributed by atoms with Gasteiger partial charge in [-0.05, 0) is 54.8 Å². The Morgan fingerprint density at radius 2 is 1.62 bits per heavy atom. The standard InChI is InChI=1S/C18H19FN2O2S/c1-12-3-8-16(9-13(12)2)24-11-18(23)21-20-17(22)10-14-4-6-15(19)7-5-14/h3-9H,10-11H2,1-2H3,(H,20,22)(H,21,23). The molecule has 2 aromatic carbocycles. The molecule has 0 aromatic heterocycles. The van der Waals surface area contributed by atoms with Crippen molar-refractivity contribution in [3.63, 3.8) is 0 Å². The Morgan fingerprint density at radius 3 is 2.29 bits per heavy atom. The number of carbonyl (C=O) groups is 2. The van der Waals surface area contributed by atoms with Crippen molar-refractivity contribution in [2.45, 2.75) is 25.2 Å². The predicted octanol–water partition coefficient (Wildman–Crippen LogP) is 2.92. The van der Waals surface area contributed by atoms with Crippen LogP contribution in [0, 0.1) is 19.7 Å². The van der Waals surface area contributed by atoms with E-state index in [0.29, 0.717) is 5.56 Å². The summed E-state index contributed by atoms with van der Waals surface area (Å²) in [4.78, 5) is 24.5. The normalized spacial score (nSPS) is 10.3. The van der Waals surface area contributed by atoms with Gasteiger partial charge in [0.25, 0.3) is 0 Å². The molecule has 4 nitrogen and oxygen atoms in total. The lowest BCUT2D eigenvalue weighted by molar-refractivity contribution is -0.127. The van der Waals surface area contributed by atoms with Crippen LogP contribution in [0.25, 0.3) is 0 Å². The second-order valence-electron chi connectivity index (χ2n) is 5.43. The first kappa shape index (κ1) is 18.0. The zero-order chi connectivity index (χ0) is 17.5. The van der Waals surface area contributed by atoms with Crippen LogP contribution in [0.5, 0.6) is 0 Å². The zero-order valence-electron chi connectivity index (χ0n) is 13.6. The van der Waals surface area contributed by atoms with E-state index in [1.165, 1.54) is 47.2 Å². The topological polar surface area (TPSA) is 58.2 Å². The molecule has 0 saturated heterocycles. The Balaban J connectivity index is 1.73. The molecular formula is C18H19FN2O2S. The number of amides is 2. The van der Waals surface area contributed by atoms with E-state index in [1.54, 1.807) is 0 Å². The number of aryl methyl sites for hydroxylation is 2. The summed E-state index contributed by atoms with van der Waals surface area (Å²) in [6.45, 7) is 4.06. The molecule has 0 fully saturated rings. The highest BCUT2D eigenvalue weighted by atomic mass is 32.2. The fraction of sp³-hybridized carbons (Fsp3) is 0.222. The maximum Gasteiger partial charge on any atom is 0.248 e. The average molecular weight is 346 g/mol. The van der Waals surface area contributed by atoms with Crippen LogP contribution in [0.1, 0.15) is 16.7 Å². The molecule has 0 aliphatic rings. The van der Waals surface area contributed by atoms with E-state index in [9.17, 15) is 14.0 Å². The molecule has 0 heterocycles. The molecule has 0 atom stereocenters. The number of carbonyl (C=O) groups excluding carboxylic acids is 2. The van der Waals surface area contributed by atoms with Crippen LogP contribution in [-0.4, -0.2) is 17.6 Å². The summed E-state index contributed by atoms with van der Waals surface area (Å²) in [5, 5.41) is 0. The highest BCUT2D eigenvalue weighted by molar-refractivity contribution is 8.00. The van der Waals surface area contributed by atoms with Crippen molar-refractivity contribution >= 4 is 23.6 Å². The number of rotatable bonds is 5. The Hall–Kier alpha value is -2.34. The summed E-state index contributed by atoms with van der Waals surface area (Å²) in [7, 11) is 0. The third-order valence-corrected chi connectivity index (χ3v) is 4.46. The van der Waals surface area contributed by atoms with Crippen LogP contribution < -0.4 is 10.9 Å². The largest absolute Gasteiger partial charge is 0.273 e. The maximum absolute atomic E-state index is 12.8. The van der Waals surface area contributed by atoms with Crippen molar-refractivity contribution in [2.75, 3.05) is 5.75 Å². The molecule has 6 heteroatoms. The van der Waals surface area contributed by atoms with E-state index in [0.717, 1.165) is 4.90 Å². The Morgan fingerprint density at radius 1 is 0.958 bits per heavy atom. The van der Waals surface area contributed by atoms with E-state index >= 15 is 0 Å². The third-order valence-electron chi connectivity index (χ3n) is 3.47. The van der Waals surface area contributed by atoms with Crippen molar-refractivity contribution < 1.29 is 14.0 Å². The smallest absolute Gasteiger partial charge is 0.248 e. The minimum absolute atomic E-state index is 0.0743. The fourth-order valence-electron chi connectivity index (χ4n) is 1.96. The molecule has 0 aliphatic heterocycles. The molecule has 24 heavy (non-hydrogen) atoms. The van der Waals surface area contributed by atoms with Gasteiger partial charge in [0.2, 0.25) is 11.8 Å². The fourth-order valence-corrected chi connectivity index (χ4v) is 2.75. The first-order valence-electron chi connectivity index (χ1n) is 7.46. The van der Waals surface area contributed by atoms with Crippen molar-refractivity contribution in [3.8, 4) is 0 Å². The number of halogens is 1. The van der Waals surface area contributed by atoms with Crippen LogP contribution in [0.4, 0.5) is 4.39 Å². The summed E-state index contributed by atoms with van der Waals surface area (Å²) in [5.41, 5.74) is 7.79. The molecule has 126 valence electrons. The molecule has 2 aromatic rings. The highest BCUT2D eigenvalue weighted by Crippen LogP contribution is 2.20. The van der Waals surface area contributed by atoms with Gasteiger partial charge >= 0.3 is 0 Å². The van der Waals surface area contributed by atoms with E-state index < -0.39 is 0 Å². The van der Waals surface area contributed by atoms with Crippen LogP contribution in [0.15, 0.2) is 47.4 Å². The second-order valence-corrected chi connectivity index (χ2v) is 6.48. The SMILES string of the molecule is Cc1ccc(SCC(=O)NNC(=O)Cc2ccc(F)cc2)cc1C. The summed E-state index contributed by atoms with van der Waals surface area (Å²) < 4.78 is 12.8. The molecule has 0 spiro atoms. The summed E-state index contributed by atoms with van der Waals surface area (Å²) >= 11 is 1.40. The molecule has 0 aliphatic carbocycles. The molecule has 0 radical (unpaired) electrons. The van der Waals surface area contributed by atoms with Crippen LogP contribution in [0.2, 0.25) is 0 Å². The molecule has 0 bridgehead atoms. The summed E-state index contributed by atoms with van der Waals surface area (Å²) in [6.07, 6.45) is 0.0743. The van der Waals surface area contributed by atoms with Crippen LogP contribution in [0.3, 0.4) is 0 Å². The van der Waals surface area contributed by atoms with Gasteiger partial charge in [-0.3, -0.25) is 20.4 Å². The highest BCUT2D eigenvalue weighted by Gasteiger charge is 2.07. The number of thioether (sulfide) groups is 1. The number of nitrogens with one attached hydrogen (secondary N) is 2. The first-order chi connectivity index (χ1) is 11.4. The molecule has 2 amide bonds. The zero-order valence-corrected chi connectivity index (χ0v) is 14.4. The molecule has 2 N–H and O–H groups in total. The van der Waals surface area contributed by atoms with Gasteiger partial charge in [0.05, 0.1) is 12.2 Å². The van der Waals surface area contributed by atoms with Crippen molar-refractivity contribution in [1.82, 2.24) is 10.9 Å². The van der Waals surface area contributed by atoms with Crippen LogP contribution in [-0.2, 0) is 16.0 Å². The van der Waals surface area contributed by atoms with Gasteiger partial charge in [-0.1, -0.05) is 18.2 Å². The van der Waals surface area contributed by atoms with E-state index in [-0.39, 0.29) is 29.8 Å². The minimum Gasteiger partial charge on any atom is -0.273 e. The first-order valence-corrected chi connectivity index (χ1v) is 8.45. The number of hydrazine groups is 1. The Kier molecular flexibility index (Phi) is 6.37. The Labute approximate surface area is 144 Å². The molecule has 0 unspecified atom stereocenters. The van der Waals surface area contributed by atoms with Crippen molar-refractivity contribution in [2.24, 2.45) is 0 Å². The summed E-state index contributed by atoms with van der Waals surface area (Å²) in [6, 6.07) is 11.7. The van der Waals surface area contributed by atoms with Gasteiger partial charge in [0.1, 0.15) is 5.82 Å². The van der Waals surface area contributed by atoms with E-state index in [2.05, 4.69) is 10.9 Å². The lowest BCUT2D eigenvalue weighted by Crippen LogP contribution is -2.43. The lowest BCUT2D eigenvalue weighted by atomic mass is 10.1. The number of hydrogen-bond donors (Lipinski definition) is 2. The van der Waals surface area contributed by atoms with Crippen LogP contribution >= 0.6 is 11.8 Å². The van der Waals surface area contributed by atoms with Crippen molar-refractivity contribution in [1.29, 1.82) is 0 Å². The minimum atomic E-state index is -0.355. The number of hydrogen-bond acceptors (Lipinski definition) is 3. The van der Waals surface area contributed by atoms with E-state index in [4.69, 9.17) is 0 Å². The second kappa shape index (κ2) is 8.49. The summed E-state index contributed by atoms with van der Waals surface area (Å²) in [5.74, 6) is -0.785. The van der Waals surface area contributed by atoms with Crippen molar-refractivity contribution in [3.05, 3.63) is 65.0 Å². The molecular weight excluding hydrogens is 327 g/mol. The van der Waals surface area contributed by atoms with Gasteiger partial charge < -0.3 is 0 Å². The number of benzene rings is 2. The van der Waals surface area contributed by atoms with Gasteiger partial charge in [-0.15, -0.1) is 11.8 Å². The third kappa shape index (κ3) is 5.70. The lowest BCUT2D eigenvalue weighted by Gasteiger charge is -2.08. The van der Waals surface area contributed by atoms with Gasteiger partial charge in [-0.25, -0.2) is 4.39 Å². The van der Waals surface area contributed by atoms with Gasteiger partial charge in [0.15, 0.2) is 0 Å². The van der Waals surface area contributed by atoms with E-state index in [1.807, 2.05) is 32.0 Å². The average Bonchev–Trinajstić information content (AvgIpc) is 2.56. The maximum atomic E-state index is 12.8. The quantitative estimate of drug-likeness (QED) is 0.646. The Bertz CT molecular complexity index is 732. The molecule has 2 rings (SSSR count). The van der Waals surface area contributed by atoms with Gasteiger partial charge in [-0.2, -0.15) is 0 Å². The molecule has 0 saturated carbocycles. The van der Waals surface area contributed by atoms with Gasteiger partial charge in [0, 0.05) is 4.90 Å². The predicted molar refractivity (Wildman–Crippen MR) is 93.0 cm³/mol.